The van der Waals surface area contributed by atoms with Gasteiger partial charge in [-0.05, 0) is 6.92 Å². The Labute approximate surface area is 98.0 Å². The Balaban J connectivity index is 2.08. The van der Waals surface area contributed by atoms with Crippen LogP contribution in [0.2, 0.25) is 0 Å². The summed E-state index contributed by atoms with van der Waals surface area (Å²) in [6.45, 7) is 2.72. The Kier molecular flexibility index (Phi) is 3.00. The summed E-state index contributed by atoms with van der Waals surface area (Å²) in [5.41, 5.74) is 6.52. The Morgan fingerprint density at radius 2 is 2.19 bits per heavy atom. The molecule has 2 N–H and O–H groups in total. The predicted octanol–water partition coefficient (Wildman–Crippen LogP) is 1.46. The molecular formula is C10H13N5S. The number of thiazole rings is 1. The van der Waals surface area contributed by atoms with Crippen LogP contribution in [0.3, 0.4) is 0 Å². The van der Waals surface area contributed by atoms with E-state index in [1.807, 2.05) is 18.9 Å². The van der Waals surface area contributed by atoms with Crippen LogP contribution in [0.4, 0.5) is 11.6 Å². The van der Waals surface area contributed by atoms with Crippen LogP contribution < -0.4 is 10.6 Å². The smallest absolute Gasteiger partial charge is 0.147 e. The fraction of sp³-hybridized carbons (Fsp3) is 0.300. The highest BCUT2D eigenvalue weighted by Gasteiger charge is 2.06. The number of rotatable bonds is 3. The molecule has 5 nitrogen and oxygen atoms in total. The number of nitrogen functional groups attached to an aromatic ring is 1. The van der Waals surface area contributed by atoms with E-state index in [4.69, 9.17) is 5.73 Å². The van der Waals surface area contributed by atoms with Gasteiger partial charge in [-0.3, -0.25) is 0 Å². The second-order valence-electron chi connectivity index (χ2n) is 3.51. The first-order chi connectivity index (χ1) is 7.65. The maximum atomic E-state index is 5.48. The number of hydrogen-bond donors (Lipinski definition) is 1. The molecule has 2 heterocycles. The van der Waals surface area contributed by atoms with Crippen LogP contribution in [0, 0.1) is 6.92 Å². The Morgan fingerprint density at radius 1 is 1.38 bits per heavy atom. The lowest BCUT2D eigenvalue weighted by atomic mass is 10.4. The summed E-state index contributed by atoms with van der Waals surface area (Å²) >= 11 is 1.65. The quantitative estimate of drug-likeness (QED) is 0.872. The Morgan fingerprint density at radius 3 is 2.75 bits per heavy atom. The lowest BCUT2D eigenvalue weighted by Crippen LogP contribution is -2.18. The lowest BCUT2D eigenvalue weighted by molar-refractivity contribution is 0.865. The van der Waals surface area contributed by atoms with E-state index >= 15 is 0 Å². The van der Waals surface area contributed by atoms with Crippen molar-refractivity contribution in [3.8, 4) is 0 Å². The summed E-state index contributed by atoms with van der Waals surface area (Å²) in [6.07, 6.45) is 3.21. The van der Waals surface area contributed by atoms with E-state index in [-0.39, 0.29) is 0 Å². The van der Waals surface area contributed by atoms with Crippen LogP contribution in [0.1, 0.15) is 10.7 Å². The van der Waals surface area contributed by atoms with Gasteiger partial charge in [-0.1, -0.05) is 0 Å². The van der Waals surface area contributed by atoms with Gasteiger partial charge in [-0.15, -0.1) is 11.3 Å². The van der Waals surface area contributed by atoms with E-state index in [1.165, 1.54) is 0 Å². The van der Waals surface area contributed by atoms with E-state index in [9.17, 15) is 0 Å². The zero-order valence-corrected chi connectivity index (χ0v) is 10.0. The van der Waals surface area contributed by atoms with Crippen LogP contribution in [0.15, 0.2) is 17.8 Å². The minimum Gasteiger partial charge on any atom is -0.382 e. The minimum atomic E-state index is 0.432. The molecule has 84 valence electrons. The monoisotopic (exact) mass is 235 g/mol. The Bertz CT molecular complexity index is 464. The van der Waals surface area contributed by atoms with Crippen LogP contribution in [0.25, 0.3) is 0 Å². The summed E-state index contributed by atoms with van der Waals surface area (Å²) in [5, 5.41) is 3.13. The maximum Gasteiger partial charge on any atom is 0.147 e. The number of aromatic nitrogens is 3. The molecule has 0 aliphatic rings. The van der Waals surface area contributed by atoms with E-state index in [0.717, 1.165) is 23.1 Å². The fourth-order valence-electron chi connectivity index (χ4n) is 1.33. The molecule has 0 bridgehead atoms. The summed E-state index contributed by atoms with van der Waals surface area (Å²) in [7, 11) is 1.95. The molecular weight excluding hydrogens is 222 g/mol. The van der Waals surface area contributed by atoms with Gasteiger partial charge >= 0.3 is 0 Å². The van der Waals surface area contributed by atoms with Crippen molar-refractivity contribution in [2.45, 2.75) is 13.5 Å². The van der Waals surface area contributed by atoms with Crippen molar-refractivity contribution in [1.82, 2.24) is 15.0 Å². The van der Waals surface area contributed by atoms with Crippen molar-refractivity contribution >= 4 is 23.0 Å². The van der Waals surface area contributed by atoms with Gasteiger partial charge in [-0.25, -0.2) is 15.0 Å². The molecule has 0 spiro atoms. The molecule has 16 heavy (non-hydrogen) atoms. The minimum absolute atomic E-state index is 0.432. The van der Waals surface area contributed by atoms with Gasteiger partial charge in [0.05, 0.1) is 29.6 Å². The third-order valence-corrected chi connectivity index (χ3v) is 2.94. The highest BCUT2D eigenvalue weighted by molar-refractivity contribution is 7.09. The first kappa shape index (κ1) is 10.8. The third kappa shape index (κ3) is 2.46. The van der Waals surface area contributed by atoms with E-state index < -0.39 is 0 Å². The van der Waals surface area contributed by atoms with Gasteiger partial charge in [0.25, 0.3) is 0 Å². The van der Waals surface area contributed by atoms with E-state index in [1.54, 1.807) is 23.7 Å². The molecule has 0 aliphatic carbocycles. The number of anilines is 2. The lowest BCUT2D eigenvalue weighted by Gasteiger charge is -2.15. The summed E-state index contributed by atoms with van der Waals surface area (Å²) < 4.78 is 0. The molecule has 2 aromatic heterocycles. The molecule has 0 fully saturated rings. The maximum absolute atomic E-state index is 5.48. The molecule has 0 saturated carbocycles. The highest BCUT2D eigenvalue weighted by Crippen LogP contribution is 2.14. The molecule has 0 unspecified atom stereocenters. The van der Waals surface area contributed by atoms with Gasteiger partial charge in [0.2, 0.25) is 0 Å². The molecule has 2 rings (SSSR count). The van der Waals surface area contributed by atoms with Crippen molar-refractivity contribution < 1.29 is 0 Å². The molecule has 0 aromatic carbocycles. The zero-order chi connectivity index (χ0) is 11.5. The largest absolute Gasteiger partial charge is 0.382 e. The van der Waals surface area contributed by atoms with Crippen LogP contribution in [0.5, 0.6) is 0 Å². The number of nitrogens with zero attached hydrogens (tertiary/aromatic N) is 4. The van der Waals surface area contributed by atoms with Crippen molar-refractivity contribution in [1.29, 1.82) is 0 Å². The number of hydrogen-bond acceptors (Lipinski definition) is 6. The van der Waals surface area contributed by atoms with Gasteiger partial charge in [0, 0.05) is 12.4 Å². The molecule has 0 atom stereocenters. The van der Waals surface area contributed by atoms with Crippen molar-refractivity contribution in [2.75, 3.05) is 17.7 Å². The average Bonchev–Trinajstić information content (AvgIpc) is 2.65. The van der Waals surface area contributed by atoms with Crippen LogP contribution >= 0.6 is 11.3 Å². The highest BCUT2D eigenvalue weighted by atomic mass is 32.1. The molecule has 6 heteroatoms. The first-order valence-corrected chi connectivity index (χ1v) is 5.73. The fourth-order valence-corrected chi connectivity index (χ4v) is 1.94. The van der Waals surface area contributed by atoms with Crippen molar-refractivity contribution in [3.05, 3.63) is 28.5 Å². The van der Waals surface area contributed by atoms with Gasteiger partial charge in [0.15, 0.2) is 0 Å². The molecule has 0 saturated heterocycles. The number of aryl methyl sites for hydroxylation is 1. The van der Waals surface area contributed by atoms with Crippen LogP contribution in [-0.4, -0.2) is 22.0 Å². The Hall–Kier alpha value is -1.69. The topological polar surface area (TPSA) is 67.9 Å². The third-order valence-electron chi connectivity index (χ3n) is 2.12. The molecule has 0 aliphatic heterocycles. The summed E-state index contributed by atoms with van der Waals surface area (Å²) in [6, 6.07) is 0. The second kappa shape index (κ2) is 4.44. The summed E-state index contributed by atoms with van der Waals surface area (Å²) in [4.78, 5) is 14.6. The second-order valence-corrected chi connectivity index (χ2v) is 4.58. The van der Waals surface area contributed by atoms with E-state index in [0.29, 0.717) is 5.82 Å². The van der Waals surface area contributed by atoms with Gasteiger partial charge < -0.3 is 10.6 Å². The normalized spacial score (nSPS) is 10.4. The summed E-state index contributed by atoms with van der Waals surface area (Å²) in [5.74, 6) is 1.22. The zero-order valence-electron chi connectivity index (χ0n) is 9.21. The predicted molar refractivity (Wildman–Crippen MR) is 65.4 cm³/mol. The van der Waals surface area contributed by atoms with Gasteiger partial charge in [0.1, 0.15) is 11.6 Å². The molecule has 0 radical (unpaired) electrons. The average molecular weight is 235 g/mol. The standard InChI is InChI=1S/C10H13N5S/c1-7-14-8(6-16-7)5-15(2)10-4-12-9(11)3-13-10/h3-4,6H,5H2,1-2H3,(H2,11,12). The molecule has 2 aromatic rings. The van der Waals surface area contributed by atoms with Crippen molar-refractivity contribution in [2.24, 2.45) is 0 Å². The van der Waals surface area contributed by atoms with E-state index in [2.05, 4.69) is 20.3 Å². The number of nitrogens with two attached hydrogens (primary N) is 1. The van der Waals surface area contributed by atoms with Gasteiger partial charge in [-0.2, -0.15) is 0 Å². The van der Waals surface area contributed by atoms with Crippen LogP contribution in [-0.2, 0) is 6.54 Å². The molecule has 0 amide bonds. The van der Waals surface area contributed by atoms with Crippen molar-refractivity contribution in [3.63, 3.8) is 0 Å². The SMILES string of the molecule is Cc1nc(CN(C)c2cnc(N)cn2)cs1. The first-order valence-electron chi connectivity index (χ1n) is 4.85.